The van der Waals surface area contributed by atoms with Crippen LogP contribution in [0.2, 0.25) is 0 Å². The van der Waals surface area contributed by atoms with E-state index in [1.165, 1.54) is 0 Å². The standard InChI is InChI=1S/C22H29N5O3/c1-15-3-4-16-11-19(15)30-10-8-24-21(28)12-17-5-6-18(13-25-22(16)29)27(17)14-20-23-7-9-26(20)2/h3-4,7,9,11,17-18H,5-6,8,10,12-14H2,1-2H3,(H,24,28)(H,25,29)/t17-,18+/m0/s1. The molecule has 2 aliphatic heterocycles. The zero-order valence-corrected chi connectivity index (χ0v) is 17.6. The number of imidazole rings is 1. The Labute approximate surface area is 176 Å². The third kappa shape index (κ3) is 4.48. The Kier molecular flexibility index (Phi) is 6.03. The molecular formula is C22H29N5O3. The number of hydrogen-bond acceptors (Lipinski definition) is 5. The molecule has 160 valence electrons. The summed E-state index contributed by atoms with van der Waals surface area (Å²) in [4.78, 5) is 32.1. The van der Waals surface area contributed by atoms with Crippen molar-refractivity contribution in [1.82, 2.24) is 25.1 Å². The maximum Gasteiger partial charge on any atom is 0.251 e. The quantitative estimate of drug-likeness (QED) is 0.780. The lowest BCUT2D eigenvalue weighted by Gasteiger charge is -2.30. The summed E-state index contributed by atoms with van der Waals surface area (Å²) in [6.07, 6.45) is 6.00. The van der Waals surface area contributed by atoms with E-state index in [0.29, 0.717) is 44.0 Å². The molecular weight excluding hydrogens is 382 g/mol. The predicted molar refractivity (Wildman–Crippen MR) is 112 cm³/mol. The lowest BCUT2D eigenvalue weighted by atomic mass is 10.1. The summed E-state index contributed by atoms with van der Waals surface area (Å²) >= 11 is 0. The van der Waals surface area contributed by atoms with Crippen LogP contribution in [0.15, 0.2) is 30.6 Å². The summed E-state index contributed by atoms with van der Waals surface area (Å²) in [7, 11) is 1.97. The van der Waals surface area contributed by atoms with Crippen molar-refractivity contribution in [3.63, 3.8) is 0 Å². The number of amides is 2. The minimum absolute atomic E-state index is 0.0264. The molecule has 1 aromatic heterocycles. The van der Waals surface area contributed by atoms with Crippen molar-refractivity contribution in [2.75, 3.05) is 19.7 Å². The van der Waals surface area contributed by atoms with Crippen molar-refractivity contribution in [3.05, 3.63) is 47.5 Å². The molecule has 8 nitrogen and oxygen atoms in total. The molecule has 0 spiro atoms. The van der Waals surface area contributed by atoms with E-state index in [-0.39, 0.29) is 23.9 Å². The van der Waals surface area contributed by atoms with Gasteiger partial charge in [-0.05, 0) is 37.5 Å². The SMILES string of the molecule is Cc1ccc2cc1OCCNC(=O)C[C@@H]1CC[C@H](CNC2=O)N1Cc1nccn1C. The molecule has 0 saturated carbocycles. The Morgan fingerprint density at radius 2 is 2.03 bits per heavy atom. The Morgan fingerprint density at radius 1 is 1.20 bits per heavy atom. The van der Waals surface area contributed by atoms with Gasteiger partial charge in [0, 0.05) is 50.1 Å². The van der Waals surface area contributed by atoms with Crippen molar-refractivity contribution >= 4 is 11.8 Å². The Bertz CT molecular complexity index is 925. The van der Waals surface area contributed by atoms with Gasteiger partial charge in [0.15, 0.2) is 0 Å². The molecule has 2 atom stereocenters. The molecule has 0 unspecified atom stereocenters. The second kappa shape index (κ2) is 8.87. The number of aromatic nitrogens is 2. The summed E-state index contributed by atoms with van der Waals surface area (Å²) in [5.74, 6) is 1.54. The topological polar surface area (TPSA) is 88.5 Å². The number of benzene rings is 1. The number of nitrogens with zero attached hydrogens (tertiary/aromatic N) is 3. The molecule has 1 fully saturated rings. The van der Waals surface area contributed by atoms with E-state index in [0.717, 1.165) is 24.2 Å². The average Bonchev–Trinajstić information content (AvgIpc) is 3.30. The van der Waals surface area contributed by atoms with Gasteiger partial charge in [0.1, 0.15) is 18.2 Å². The normalized spacial score (nSPS) is 23.1. The van der Waals surface area contributed by atoms with Crippen LogP contribution >= 0.6 is 0 Å². The monoisotopic (exact) mass is 411 g/mol. The Morgan fingerprint density at radius 3 is 2.83 bits per heavy atom. The first-order valence-electron chi connectivity index (χ1n) is 10.5. The molecule has 0 radical (unpaired) electrons. The number of aryl methyl sites for hydroxylation is 2. The third-order valence-electron chi connectivity index (χ3n) is 6.07. The first-order valence-corrected chi connectivity index (χ1v) is 10.5. The lowest BCUT2D eigenvalue weighted by molar-refractivity contribution is -0.122. The third-order valence-corrected chi connectivity index (χ3v) is 6.07. The zero-order valence-electron chi connectivity index (χ0n) is 17.6. The molecule has 30 heavy (non-hydrogen) atoms. The highest BCUT2D eigenvalue weighted by Crippen LogP contribution is 2.28. The fraction of sp³-hybridized carbons (Fsp3) is 0.500. The van der Waals surface area contributed by atoms with Crippen LogP contribution in [0.4, 0.5) is 0 Å². The number of fused-ring (bicyclic) bond motifs is 4. The van der Waals surface area contributed by atoms with Gasteiger partial charge < -0.3 is 19.9 Å². The van der Waals surface area contributed by atoms with E-state index in [4.69, 9.17) is 4.74 Å². The summed E-state index contributed by atoms with van der Waals surface area (Å²) in [6, 6.07) is 5.77. The fourth-order valence-electron chi connectivity index (χ4n) is 4.27. The highest BCUT2D eigenvalue weighted by atomic mass is 16.5. The van der Waals surface area contributed by atoms with Crippen LogP contribution in [-0.2, 0) is 18.4 Å². The van der Waals surface area contributed by atoms with Crippen molar-refractivity contribution in [2.24, 2.45) is 7.05 Å². The van der Waals surface area contributed by atoms with E-state index in [9.17, 15) is 9.59 Å². The van der Waals surface area contributed by atoms with Crippen LogP contribution < -0.4 is 15.4 Å². The smallest absolute Gasteiger partial charge is 0.251 e. The van der Waals surface area contributed by atoms with Crippen LogP contribution in [0.25, 0.3) is 0 Å². The van der Waals surface area contributed by atoms with Crippen molar-refractivity contribution in [1.29, 1.82) is 0 Å². The van der Waals surface area contributed by atoms with Gasteiger partial charge >= 0.3 is 0 Å². The summed E-state index contributed by atoms with van der Waals surface area (Å²) in [5.41, 5.74) is 1.54. The predicted octanol–water partition coefficient (Wildman–Crippen LogP) is 1.39. The first kappa shape index (κ1) is 20.4. The van der Waals surface area contributed by atoms with E-state index in [1.54, 1.807) is 12.3 Å². The maximum absolute atomic E-state index is 12.8. The molecule has 2 amide bonds. The van der Waals surface area contributed by atoms with Crippen molar-refractivity contribution in [3.8, 4) is 5.75 Å². The van der Waals surface area contributed by atoms with Gasteiger partial charge in [-0.1, -0.05) is 6.07 Å². The van der Waals surface area contributed by atoms with Crippen LogP contribution in [-0.4, -0.2) is 58.0 Å². The first-order chi connectivity index (χ1) is 14.5. The fourth-order valence-corrected chi connectivity index (χ4v) is 4.27. The van der Waals surface area contributed by atoms with Crippen LogP contribution in [0.1, 0.15) is 41.0 Å². The van der Waals surface area contributed by atoms with Gasteiger partial charge in [0.2, 0.25) is 5.91 Å². The number of carbonyl (C=O) groups is 2. The number of carbonyl (C=O) groups excluding carboxylic acids is 2. The lowest BCUT2D eigenvalue weighted by Crippen LogP contribution is -2.44. The molecule has 4 rings (SSSR count). The molecule has 1 saturated heterocycles. The van der Waals surface area contributed by atoms with Gasteiger partial charge in [-0.3, -0.25) is 14.5 Å². The molecule has 3 heterocycles. The highest BCUT2D eigenvalue weighted by molar-refractivity contribution is 5.94. The molecule has 2 N–H and O–H groups in total. The van der Waals surface area contributed by atoms with Crippen molar-refractivity contribution in [2.45, 2.75) is 44.8 Å². The second-order valence-electron chi connectivity index (χ2n) is 8.10. The van der Waals surface area contributed by atoms with Crippen LogP contribution in [0.5, 0.6) is 5.75 Å². The maximum atomic E-state index is 12.8. The van der Waals surface area contributed by atoms with Crippen LogP contribution in [0, 0.1) is 6.92 Å². The molecule has 2 aromatic rings. The zero-order chi connectivity index (χ0) is 21.1. The molecule has 8 heteroatoms. The molecule has 0 aliphatic carbocycles. The number of ether oxygens (including phenoxy) is 1. The van der Waals surface area contributed by atoms with Crippen LogP contribution in [0.3, 0.4) is 0 Å². The van der Waals surface area contributed by atoms with Gasteiger partial charge in [-0.15, -0.1) is 0 Å². The average molecular weight is 412 g/mol. The van der Waals surface area contributed by atoms with Crippen molar-refractivity contribution < 1.29 is 14.3 Å². The number of hydrogen-bond donors (Lipinski definition) is 2. The Balaban J connectivity index is 1.56. The number of nitrogens with one attached hydrogen (secondary N) is 2. The molecule has 2 aliphatic rings. The number of rotatable bonds is 2. The van der Waals surface area contributed by atoms with E-state index in [1.807, 2.05) is 36.9 Å². The van der Waals surface area contributed by atoms with Gasteiger partial charge in [0.05, 0.1) is 13.1 Å². The second-order valence-corrected chi connectivity index (χ2v) is 8.10. The van der Waals surface area contributed by atoms with Gasteiger partial charge in [-0.25, -0.2) is 4.98 Å². The van der Waals surface area contributed by atoms with E-state index in [2.05, 4.69) is 20.5 Å². The minimum atomic E-state index is -0.107. The molecule has 1 aromatic carbocycles. The summed E-state index contributed by atoms with van der Waals surface area (Å²) in [6.45, 7) is 3.93. The van der Waals surface area contributed by atoms with Gasteiger partial charge in [0.25, 0.3) is 5.91 Å². The summed E-state index contributed by atoms with van der Waals surface area (Å²) < 4.78 is 7.80. The Hall–Kier alpha value is -2.87. The summed E-state index contributed by atoms with van der Waals surface area (Å²) in [5, 5.41) is 6.05. The highest BCUT2D eigenvalue weighted by Gasteiger charge is 2.35. The van der Waals surface area contributed by atoms with E-state index >= 15 is 0 Å². The van der Waals surface area contributed by atoms with E-state index < -0.39 is 0 Å². The molecule has 4 bridgehead atoms. The van der Waals surface area contributed by atoms with Gasteiger partial charge in [-0.2, -0.15) is 0 Å². The minimum Gasteiger partial charge on any atom is -0.491 e. The largest absolute Gasteiger partial charge is 0.491 e.